The summed E-state index contributed by atoms with van der Waals surface area (Å²) in [6.07, 6.45) is 0. The average molecular weight is 156 g/mol. The first-order valence-corrected chi connectivity index (χ1v) is 4.12. The number of aromatic nitrogens is 1. The minimum atomic E-state index is 0.131. The van der Waals surface area contributed by atoms with Crippen molar-refractivity contribution in [3.63, 3.8) is 0 Å². The molecule has 1 heterocycles. The molecule has 0 saturated heterocycles. The van der Waals surface area contributed by atoms with Gasteiger partial charge in [0.1, 0.15) is 0 Å². The molecular formula is C7H12N2S. The van der Waals surface area contributed by atoms with E-state index in [1.165, 1.54) is 4.88 Å². The summed E-state index contributed by atoms with van der Waals surface area (Å²) < 4.78 is 0. The molecule has 10 heavy (non-hydrogen) atoms. The fraction of sp³-hybridized carbons (Fsp3) is 0.571. The third-order valence-electron chi connectivity index (χ3n) is 1.35. The first kappa shape index (κ1) is 7.69. The largest absolute Gasteiger partial charge is 0.323 e. The molecule has 1 atom stereocenters. The van der Waals surface area contributed by atoms with E-state index in [0.29, 0.717) is 0 Å². The molecule has 0 saturated carbocycles. The van der Waals surface area contributed by atoms with E-state index in [2.05, 4.69) is 4.98 Å². The van der Waals surface area contributed by atoms with Crippen LogP contribution in [0.5, 0.6) is 0 Å². The Hall–Kier alpha value is -0.410. The van der Waals surface area contributed by atoms with Crippen molar-refractivity contribution in [2.24, 2.45) is 5.73 Å². The highest BCUT2D eigenvalue weighted by Gasteiger charge is 2.07. The van der Waals surface area contributed by atoms with Crippen LogP contribution in [0.2, 0.25) is 0 Å². The standard InChI is InChI=1S/C7H12N2S/c1-4(8)7-5(2)9-6(3)10-7/h4H,8H2,1-3H3. The summed E-state index contributed by atoms with van der Waals surface area (Å²) in [4.78, 5) is 5.48. The first-order chi connectivity index (χ1) is 4.61. The highest BCUT2D eigenvalue weighted by Crippen LogP contribution is 2.22. The second kappa shape index (κ2) is 2.68. The Labute approximate surface area is 65.1 Å². The molecule has 0 aliphatic carbocycles. The molecule has 0 radical (unpaired) electrons. The fourth-order valence-corrected chi connectivity index (χ4v) is 1.85. The molecule has 0 bridgehead atoms. The Morgan fingerprint density at radius 3 is 2.30 bits per heavy atom. The van der Waals surface area contributed by atoms with Gasteiger partial charge in [0.25, 0.3) is 0 Å². The quantitative estimate of drug-likeness (QED) is 0.673. The zero-order chi connectivity index (χ0) is 7.72. The molecule has 3 heteroatoms. The lowest BCUT2D eigenvalue weighted by atomic mass is 10.2. The second-order valence-electron chi connectivity index (χ2n) is 2.47. The molecule has 0 aliphatic heterocycles. The average Bonchev–Trinajstić information content (AvgIpc) is 2.10. The molecule has 0 spiro atoms. The molecular weight excluding hydrogens is 144 g/mol. The van der Waals surface area contributed by atoms with Crippen LogP contribution in [-0.4, -0.2) is 4.98 Å². The lowest BCUT2D eigenvalue weighted by Gasteiger charge is -1.99. The van der Waals surface area contributed by atoms with Crippen LogP contribution in [0.25, 0.3) is 0 Å². The van der Waals surface area contributed by atoms with E-state index in [0.717, 1.165) is 10.7 Å². The maximum Gasteiger partial charge on any atom is 0.0900 e. The molecule has 0 fully saturated rings. The van der Waals surface area contributed by atoms with Gasteiger partial charge in [0, 0.05) is 10.9 Å². The summed E-state index contributed by atoms with van der Waals surface area (Å²) >= 11 is 1.69. The Balaban J connectivity index is 3.03. The van der Waals surface area contributed by atoms with Crippen LogP contribution < -0.4 is 5.73 Å². The third-order valence-corrected chi connectivity index (χ3v) is 2.63. The van der Waals surface area contributed by atoms with Crippen LogP contribution in [0.4, 0.5) is 0 Å². The van der Waals surface area contributed by atoms with Crippen molar-refractivity contribution in [1.82, 2.24) is 4.98 Å². The van der Waals surface area contributed by atoms with Crippen molar-refractivity contribution in [3.05, 3.63) is 15.6 Å². The minimum absolute atomic E-state index is 0.131. The van der Waals surface area contributed by atoms with Crippen LogP contribution >= 0.6 is 11.3 Å². The van der Waals surface area contributed by atoms with E-state index in [-0.39, 0.29) is 6.04 Å². The normalized spacial score (nSPS) is 13.6. The molecule has 56 valence electrons. The Bertz CT molecular complexity index is 228. The summed E-state index contributed by atoms with van der Waals surface area (Å²) in [5.41, 5.74) is 6.78. The summed E-state index contributed by atoms with van der Waals surface area (Å²) in [7, 11) is 0. The molecule has 1 unspecified atom stereocenters. The van der Waals surface area contributed by atoms with Gasteiger partial charge in [-0.25, -0.2) is 4.98 Å². The summed E-state index contributed by atoms with van der Waals surface area (Å²) in [6.45, 7) is 5.99. The molecule has 0 amide bonds. The number of rotatable bonds is 1. The van der Waals surface area contributed by atoms with E-state index in [9.17, 15) is 0 Å². The number of hydrogen-bond donors (Lipinski definition) is 1. The predicted molar refractivity (Wildman–Crippen MR) is 44.2 cm³/mol. The van der Waals surface area contributed by atoms with Crippen molar-refractivity contribution in [2.45, 2.75) is 26.8 Å². The van der Waals surface area contributed by atoms with E-state index >= 15 is 0 Å². The van der Waals surface area contributed by atoms with Gasteiger partial charge in [0.2, 0.25) is 0 Å². The number of thiazole rings is 1. The zero-order valence-electron chi connectivity index (χ0n) is 6.51. The Morgan fingerprint density at radius 1 is 1.50 bits per heavy atom. The SMILES string of the molecule is Cc1nc(C)c(C(C)N)s1. The van der Waals surface area contributed by atoms with Crippen molar-refractivity contribution in [2.75, 3.05) is 0 Å². The monoisotopic (exact) mass is 156 g/mol. The van der Waals surface area contributed by atoms with Gasteiger partial charge in [0.05, 0.1) is 10.7 Å². The van der Waals surface area contributed by atoms with E-state index in [1.54, 1.807) is 11.3 Å². The summed E-state index contributed by atoms with van der Waals surface area (Å²) in [5, 5.41) is 1.10. The van der Waals surface area contributed by atoms with Gasteiger partial charge in [-0.3, -0.25) is 0 Å². The van der Waals surface area contributed by atoms with Crippen molar-refractivity contribution >= 4 is 11.3 Å². The molecule has 2 N–H and O–H groups in total. The van der Waals surface area contributed by atoms with Crippen molar-refractivity contribution in [1.29, 1.82) is 0 Å². The molecule has 0 aromatic carbocycles. The maximum absolute atomic E-state index is 5.70. The van der Waals surface area contributed by atoms with Gasteiger partial charge in [-0.05, 0) is 20.8 Å². The summed E-state index contributed by atoms with van der Waals surface area (Å²) in [6, 6.07) is 0.131. The molecule has 1 aromatic heterocycles. The zero-order valence-corrected chi connectivity index (χ0v) is 7.33. The van der Waals surface area contributed by atoms with Crippen molar-refractivity contribution in [3.8, 4) is 0 Å². The van der Waals surface area contributed by atoms with Crippen LogP contribution in [0.3, 0.4) is 0 Å². The lowest BCUT2D eigenvalue weighted by molar-refractivity contribution is 0.825. The fourth-order valence-electron chi connectivity index (χ4n) is 0.970. The smallest absolute Gasteiger partial charge is 0.0900 e. The third kappa shape index (κ3) is 1.36. The van der Waals surface area contributed by atoms with Crippen LogP contribution in [-0.2, 0) is 0 Å². The van der Waals surface area contributed by atoms with Crippen LogP contribution in [0.15, 0.2) is 0 Å². The van der Waals surface area contributed by atoms with Gasteiger partial charge in [-0.1, -0.05) is 0 Å². The number of nitrogens with two attached hydrogens (primary N) is 1. The molecule has 1 aromatic rings. The van der Waals surface area contributed by atoms with Crippen LogP contribution in [0, 0.1) is 13.8 Å². The number of nitrogens with zero attached hydrogens (tertiary/aromatic N) is 1. The van der Waals surface area contributed by atoms with Gasteiger partial charge < -0.3 is 5.73 Å². The number of hydrogen-bond acceptors (Lipinski definition) is 3. The van der Waals surface area contributed by atoms with E-state index in [1.807, 2.05) is 20.8 Å². The van der Waals surface area contributed by atoms with E-state index in [4.69, 9.17) is 5.73 Å². The topological polar surface area (TPSA) is 38.9 Å². The first-order valence-electron chi connectivity index (χ1n) is 3.30. The highest BCUT2D eigenvalue weighted by atomic mass is 32.1. The minimum Gasteiger partial charge on any atom is -0.323 e. The van der Waals surface area contributed by atoms with Gasteiger partial charge in [-0.2, -0.15) is 0 Å². The second-order valence-corrected chi connectivity index (χ2v) is 3.71. The van der Waals surface area contributed by atoms with Crippen molar-refractivity contribution < 1.29 is 0 Å². The van der Waals surface area contributed by atoms with E-state index < -0.39 is 0 Å². The summed E-state index contributed by atoms with van der Waals surface area (Å²) in [5.74, 6) is 0. The Kier molecular flexibility index (Phi) is 2.06. The van der Waals surface area contributed by atoms with Crippen LogP contribution in [0.1, 0.15) is 28.5 Å². The number of aryl methyl sites for hydroxylation is 2. The highest BCUT2D eigenvalue weighted by molar-refractivity contribution is 7.11. The molecule has 0 aliphatic rings. The predicted octanol–water partition coefficient (Wildman–Crippen LogP) is 1.78. The van der Waals surface area contributed by atoms with Gasteiger partial charge in [0.15, 0.2) is 0 Å². The molecule has 2 nitrogen and oxygen atoms in total. The molecule has 1 rings (SSSR count). The Morgan fingerprint density at radius 2 is 2.10 bits per heavy atom. The lowest BCUT2D eigenvalue weighted by Crippen LogP contribution is -2.03. The van der Waals surface area contributed by atoms with Gasteiger partial charge >= 0.3 is 0 Å². The maximum atomic E-state index is 5.70. The van der Waals surface area contributed by atoms with Gasteiger partial charge in [-0.15, -0.1) is 11.3 Å².